The second-order valence-electron chi connectivity index (χ2n) is 5.22. The number of aliphatic hydroxyl groups is 2. The van der Waals surface area contributed by atoms with Crippen molar-refractivity contribution in [2.45, 2.75) is 39.6 Å². The van der Waals surface area contributed by atoms with Gasteiger partial charge in [-0.1, -0.05) is 23.4 Å². The van der Waals surface area contributed by atoms with E-state index in [4.69, 9.17) is 15.6 Å². The molecule has 0 saturated carbocycles. The van der Waals surface area contributed by atoms with E-state index < -0.39 is 6.10 Å². The highest BCUT2D eigenvalue weighted by atomic mass is 16.5. The molecule has 0 radical (unpaired) electrons. The van der Waals surface area contributed by atoms with Crippen molar-refractivity contribution in [3.63, 3.8) is 0 Å². The third kappa shape index (κ3) is 3.62. The molecule has 0 aliphatic rings. The average Bonchev–Trinajstić information content (AvgIpc) is 2.88. The van der Waals surface area contributed by atoms with Crippen LogP contribution in [0.15, 0.2) is 18.2 Å². The third-order valence-corrected chi connectivity index (χ3v) is 3.47. The molecule has 1 unspecified atom stereocenters. The van der Waals surface area contributed by atoms with Crippen molar-refractivity contribution >= 4 is 0 Å². The molecule has 0 saturated heterocycles. The minimum absolute atomic E-state index is 0.148. The number of nitrogens with zero attached hydrogens (tertiary/aromatic N) is 3. The lowest BCUT2D eigenvalue weighted by atomic mass is 10.1. The van der Waals surface area contributed by atoms with Gasteiger partial charge in [0.05, 0.1) is 19.3 Å². The van der Waals surface area contributed by atoms with Gasteiger partial charge in [-0.15, -0.1) is 5.10 Å². The van der Waals surface area contributed by atoms with Crippen LogP contribution in [0.2, 0.25) is 0 Å². The van der Waals surface area contributed by atoms with Crippen molar-refractivity contribution in [3.05, 3.63) is 40.7 Å². The third-order valence-electron chi connectivity index (χ3n) is 3.47. The lowest BCUT2D eigenvalue weighted by Gasteiger charge is -2.14. The molecule has 1 heterocycles. The van der Waals surface area contributed by atoms with Crippen molar-refractivity contribution in [1.29, 1.82) is 0 Å². The summed E-state index contributed by atoms with van der Waals surface area (Å²) in [6, 6.07) is 5.95. The first-order valence-corrected chi connectivity index (χ1v) is 7.16. The van der Waals surface area contributed by atoms with Crippen molar-refractivity contribution < 1.29 is 14.9 Å². The van der Waals surface area contributed by atoms with E-state index >= 15 is 0 Å². The van der Waals surface area contributed by atoms with Gasteiger partial charge in [-0.05, 0) is 25.0 Å². The number of aromatic nitrogens is 3. The second kappa shape index (κ2) is 7.35. The fourth-order valence-corrected chi connectivity index (χ4v) is 2.26. The number of rotatable bonds is 7. The van der Waals surface area contributed by atoms with E-state index in [9.17, 15) is 5.11 Å². The summed E-state index contributed by atoms with van der Waals surface area (Å²) in [4.78, 5) is 0. The molecule has 1 aromatic carbocycles. The Kier molecular flexibility index (Phi) is 5.48. The molecule has 1 atom stereocenters. The van der Waals surface area contributed by atoms with E-state index in [0.29, 0.717) is 11.4 Å². The lowest BCUT2D eigenvalue weighted by molar-refractivity contribution is 0.0761. The first-order valence-electron chi connectivity index (χ1n) is 7.16. The minimum Gasteiger partial charge on any atom is -0.487 e. The van der Waals surface area contributed by atoms with Crippen LogP contribution in [-0.4, -0.2) is 37.9 Å². The highest BCUT2D eigenvalue weighted by Gasteiger charge is 2.16. The molecule has 0 aliphatic carbocycles. The maximum atomic E-state index is 9.58. The molecule has 0 fully saturated rings. The molecule has 120 valence electrons. The highest BCUT2D eigenvalue weighted by Crippen LogP contribution is 2.23. The number of benzene rings is 1. The molecular formula is C15H22N4O3. The Labute approximate surface area is 129 Å². The van der Waals surface area contributed by atoms with E-state index in [1.54, 1.807) is 0 Å². The molecule has 7 heteroatoms. The molecule has 0 aliphatic heterocycles. The molecule has 0 amide bonds. The van der Waals surface area contributed by atoms with E-state index in [-0.39, 0.29) is 26.3 Å². The number of hydrogen-bond acceptors (Lipinski definition) is 6. The fourth-order valence-electron chi connectivity index (χ4n) is 2.26. The summed E-state index contributed by atoms with van der Waals surface area (Å²) < 4.78 is 7.43. The first kappa shape index (κ1) is 16.4. The zero-order chi connectivity index (χ0) is 16.1. The number of aliphatic hydroxyl groups excluding tert-OH is 2. The zero-order valence-electron chi connectivity index (χ0n) is 12.9. The van der Waals surface area contributed by atoms with Gasteiger partial charge in [0.2, 0.25) is 0 Å². The van der Waals surface area contributed by atoms with Crippen LogP contribution in [0.4, 0.5) is 0 Å². The smallest absolute Gasteiger partial charge is 0.132 e. The Hall–Kier alpha value is -1.96. The quantitative estimate of drug-likeness (QED) is 0.678. The average molecular weight is 306 g/mol. The maximum Gasteiger partial charge on any atom is 0.132 e. The highest BCUT2D eigenvalue weighted by molar-refractivity contribution is 5.39. The van der Waals surface area contributed by atoms with Crippen molar-refractivity contribution in [2.75, 3.05) is 6.61 Å². The molecule has 1 aromatic heterocycles. The Morgan fingerprint density at radius 1 is 1.32 bits per heavy atom. The number of aryl methyl sites for hydroxylation is 2. The molecule has 2 aromatic rings. The first-order chi connectivity index (χ1) is 10.6. The Bertz CT molecular complexity index is 607. The number of hydrogen-bond donors (Lipinski definition) is 3. The van der Waals surface area contributed by atoms with Gasteiger partial charge in [-0.3, -0.25) is 0 Å². The molecule has 0 spiro atoms. The number of nitrogens with two attached hydrogens (primary N) is 1. The normalized spacial score (nSPS) is 12.4. The monoisotopic (exact) mass is 306 g/mol. The van der Waals surface area contributed by atoms with Gasteiger partial charge < -0.3 is 20.7 Å². The number of para-hydroxylation sites is 1. The van der Waals surface area contributed by atoms with E-state index in [2.05, 4.69) is 10.3 Å². The van der Waals surface area contributed by atoms with Crippen molar-refractivity contribution in [3.8, 4) is 5.75 Å². The van der Waals surface area contributed by atoms with E-state index in [1.165, 1.54) is 4.68 Å². The molecule has 0 bridgehead atoms. The van der Waals surface area contributed by atoms with Gasteiger partial charge in [0.1, 0.15) is 23.7 Å². The van der Waals surface area contributed by atoms with Crippen LogP contribution in [0.3, 0.4) is 0 Å². The van der Waals surface area contributed by atoms with Crippen molar-refractivity contribution in [2.24, 2.45) is 5.73 Å². The summed E-state index contributed by atoms with van der Waals surface area (Å²) >= 11 is 0. The van der Waals surface area contributed by atoms with Gasteiger partial charge in [-0.2, -0.15) is 0 Å². The van der Waals surface area contributed by atoms with E-state index in [1.807, 2.05) is 32.0 Å². The predicted octanol–water partition coefficient (Wildman–Crippen LogP) is 0.286. The molecule has 7 nitrogen and oxygen atoms in total. The Balaban J connectivity index is 2.19. The topological polar surface area (TPSA) is 106 Å². The molecule has 2 rings (SSSR count). The summed E-state index contributed by atoms with van der Waals surface area (Å²) in [5, 5.41) is 26.5. The summed E-state index contributed by atoms with van der Waals surface area (Å²) in [7, 11) is 0. The van der Waals surface area contributed by atoms with Gasteiger partial charge in [0.15, 0.2) is 0 Å². The number of ether oxygens (including phenoxy) is 1. The Morgan fingerprint density at radius 2 is 2.00 bits per heavy atom. The standard InChI is InChI=1S/C15H22N4O3/c1-10-4-3-5-11(2)15(10)22-9-14-13(6-16)17-18-19(14)7-12(21)8-20/h3-5,12,20-21H,6-9,16H2,1-2H3. The van der Waals surface area contributed by atoms with Crippen LogP contribution in [0.25, 0.3) is 0 Å². The molecular weight excluding hydrogens is 284 g/mol. The zero-order valence-corrected chi connectivity index (χ0v) is 12.9. The van der Waals surface area contributed by atoms with Gasteiger partial charge in [0.25, 0.3) is 0 Å². The van der Waals surface area contributed by atoms with Crippen LogP contribution in [0, 0.1) is 13.8 Å². The summed E-state index contributed by atoms with van der Waals surface area (Å²) in [5.74, 6) is 0.820. The summed E-state index contributed by atoms with van der Waals surface area (Å²) in [6.45, 7) is 4.27. The predicted molar refractivity (Wildman–Crippen MR) is 81.3 cm³/mol. The molecule has 22 heavy (non-hydrogen) atoms. The SMILES string of the molecule is Cc1cccc(C)c1OCc1c(CN)nnn1CC(O)CO. The van der Waals surface area contributed by atoms with Crippen LogP contribution in [-0.2, 0) is 19.7 Å². The fraction of sp³-hybridized carbons (Fsp3) is 0.467. The van der Waals surface area contributed by atoms with E-state index in [0.717, 1.165) is 16.9 Å². The minimum atomic E-state index is -0.897. The Morgan fingerprint density at radius 3 is 2.59 bits per heavy atom. The van der Waals surface area contributed by atoms with Crippen LogP contribution >= 0.6 is 0 Å². The second-order valence-corrected chi connectivity index (χ2v) is 5.22. The lowest BCUT2D eigenvalue weighted by Crippen LogP contribution is -2.23. The van der Waals surface area contributed by atoms with Gasteiger partial charge in [-0.25, -0.2) is 4.68 Å². The summed E-state index contributed by atoms with van der Waals surface area (Å²) in [6.07, 6.45) is -0.897. The van der Waals surface area contributed by atoms with Crippen LogP contribution < -0.4 is 10.5 Å². The van der Waals surface area contributed by atoms with Gasteiger partial charge in [0, 0.05) is 6.54 Å². The molecule has 4 N–H and O–H groups in total. The van der Waals surface area contributed by atoms with Crippen LogP contribution in [0.1, 0.15) is 22.5 Å². The largest absolute Gasteiger partial charge is 0.487 e. The maximum absolute atomic E-state index is 9.58. The van der Waals surface area contributed by atoms with Crippen LogP contribution in [0.5, 0.6) is 5.75 Å². The van der Waals surface area contributed by atoms with Gasteiger partial charge >= 0.3 is 0 Å². The van der Waals surface area contributed by atoms with Crippen molar-refractivity contribution in [1.82, 2.24) is 15.0 Å². The summed E-state index contributed by atoms with van der Waals surface area (Å²) in [5.41, 5.74) is 9.09.